The Hall–Kier alpha value is -4.53. The number of aryl methyl sites for hydroxylation is 1. The van der Waals surface area contributed by atoms with Gasteiger partial charge in [0.1, 0.15) is 34.5 Å². The zero-order chi connectivity index (χ0) is 30.2. The van der Waals surface area contributed by atoms with Crippen LogP contribution in [0.25, 0.3) is 11.0 Å². The molecule has 4 aromatic rings. The molecule has 9 nitrogen and oxygen atoms in total. The number of carboxylic acids is 1. The monoisotopic (exact) mass is 561 g/mol. The average Bonchev–Trinajstić information content (AvgIpc) is 3.25. The number of ether oxygens (including phenoxy) is 3. The highest BCUT2D eigenvalue weighted by molar-refractivity contribution is 5.87. The summed E-state index contributed by atoms with van der Waals surface area (Å²) in [6, 6.07) is 15.7. The second kappa shape index (κ2) is 13.7. The molecule has 0 spiro atoms. The third-order valence-electron chi connectivity index (χ3n) is 6.00. The number of aromatic nitrogens is 2. The number of nitrogens with zero attached hydrogens (tertiary/aromatic N) is 2. The summed E-state index contributed by atoms with van der Waals surface area (Å²) in [6.07, 6.45) is 3.10. The number of methoxy groups -OCH3 is 1. The highest BCUT2D eigenvalue weighted by atomic mass is 16.6. The summed E-state index contributed by atoms with van der Waals surface area (Å²) in [4.78, 5) is 28.4. The van der Waals surface area contributed by atoms with E-state index in [2.05, 4.69) is 21.1 Å². The largest absolute Gasteiger partial charge is 0.497 e. The first-order valence-corrected chi connectivity index (χ1v) is 13.6. The second-order valence-electron chi connectivity index (χ2n) is 10.3. The molecule has 1 amide bonds. The molecule has 2 N–H and O–H groups in total. The Bertz CT molecular complexity index is 1450. The lowest BCUT2D eigenvalue weighted by Gasteiger charge is -2.22. The molecule has 9 heteroatoms. The van der Waals surface area contributed by atoms with Gasteiger partial charge in [0.05, 0.1) is 12.5 Å². The van der Waals surface area contributed by atoms with Crippen LogP contribution in [0.1, 0.15) is 51.3 Å². The molecule has 0 aliphatic carbocycles. The molecule has 2 heterocycles. The number of aliphatic carboxylic acids is 1. The van der Waals surface area contributed by atoms with Gasteiger partial charge in [-0.2, -0.15) is 0 Å². The maximum absolute atomic E-state index is 12.1. The van der Waals surface area contributed by atoms with E-state index in [1.165, 1.54) is 0 Å². The summed E-state index contributed by atoms with van der Waals surface area (Å²) in [7, 11) is 1.65. The molecule has 0 bridgehead atoms. The van der Waals surface area contributed by atoms with Gasteiger partial charge in [0.25, 0.3) is 0 Å². The fraction of sp³-hybridized carbons (Fsp3) is 0.344. The van der Waals surface area contributed by atoms with Crippen LogP contribution in [0.3, 0.4) is 0 Å². The van der Waals surface area contributed by atoms with Crippen LogP contribution >= 0.6 is 0 Å². The van der Waals surface area contributed by atoms with Gasteiger partial charge in [0.15, 0.2) is 0 Å². The first kappa shape index (κ1) is 31.0. The highest BCUT2D eigenvalue weighted by Crippen LogP contribution is 2.33. The van der Waals surface area contributed by atoms with Crippen molar-refractivity contribution < 1.29 is 28.9 Å². The zero-order valence-electron chi connectivity index (χ0n) is 24.7. The van der Waals surface area contributed by atoms with Gasteiger partial charge in [0, 0.05) is 25.4 Å². The number of alkyl carbamates (subject to hydrolysis) is 1. The van der Waals surface area contributed by atoms with Crippen LogP contribution in [-0.4, -0.2) is 45.5 Å². The summed E-state index contributed by atoms with van der Waals surface area (Å²) in [5.74, 6) is 0.939. The van der Waals surface area contributed by atoms with Crippen molar-refractivity contribution in [2.24, 2.45) is 0 Å². The van der Waals surface area contributed by atoms with E-state index in [0.29, 0.717) is 18.0 Å². The minimum atomic E-state index is -1.14. The van der Waals surface area contributed by atoms with Crippen LogP contribution in [0.2, 0.25) is 0 Å². The first-order chi connectivity index (χ1) is 19.5. The van der Waals surface area contributed by atoms with Gasteiger partial charge in [-0.25, -0.2) is 14.6 Å². The van der Waals surface area contributed by atoms with Crippen molar-refractivity contribution in [3.8, 4) is 17.2 Å². The predicted molar refractivity (Wildman–Crippen MR) is 159 cm³/mol. The van der Waals surface area contributed by atoms with Crippen molar-refractivity contribution in [1.29, 1.82) is 0 Å². The summed E-state index contributed by atoms with van der Waals surface area (Å²) in [5, 5.41) is 12.9. The number of benzene rings is 2. The maximum Gasteiger partial charge on any atom is 0.408 e. The van der Waals surface area contributed by atoms with E-state index < -0.39 is 23.7 Å². The molecule has 4 rings (SSSR count). The van der Waals surface area contributed by atoms with E-state index in [1.807, 2.05) is 51.1 Å². The summed E-state index contributed by atoms with van der Waals surface area (Å²) in [5.41, 5.74) is 2.98. The van der Waals surface area contributed by atoms with E-state index >= 15 is 0 Å². The normalized spacial score (nSPS) is 11.7. The smallest absolute Gasteiger partial charge is 0.408 e. The van der Waals surface area contributed by atoms with Crippen molar-refractivity contribution in [1.82, 2.24) is 14.9 Å². The maximum atomic E-state index is 12.1. The van der Waals surface area contributed by atoms with E-state index in [4.69, 9.17) is 14.2 Å². The first-order valence-electron chi connectivity index (χ1n) is 13.6. The van der Waals surface area contributed by atoms with Crippen LogP contribution in [0, 0.1) is 6.92 Å². The fourth-order valence-electron chi connectivity index (χ4n) is 4.22. The SMILES string of the molecule is CC.COc1ccc(Cn2cc(C)c3c(Oc4ccc(CC(NC(=O)OC(C)(C)C)C(=O)O)cc4)ccnc32)cc1. The predicted octanol–water partition coefficient (Wildman–Crippen LogP) is 6.74. The van der Waals surface area contributed by atoms with E-state index in [1.54, 1.807) is 58.3 Å². The Morgan fingerprint density at radius 3 is 2.17 bits per heavy atom. The van der Waals surface area contributed by atoms with E-state index in [0.717, 1.165) is 33.5 Å². The van der Waals surface area contributed by atoms with Gasteiger partial charge >= 0.3 is 12.1 Å². The number of amides is 1. The molecule has 0 aliphatic rings. The number of hydrogen-bond acceptors (Lipinski definition) is 6. The van der Waals surface area contributed by atoms with Crippen molar-refractivity contribution >= 4 is 23.1 Å². The molecule has 1 unspecified atom stereocenters. The van der Waals surface area contributed by atoms with Crippen molar-refractivity contribution in [3.05, 3.63) is 83.7 Å². The number of nitrogens with one attached hydrogen (secondary N) is 1. The lowest BCUT2D eigenvalue weighted by atomic mass is 10.1. The van der Waals surface area contributed by atoms with Crippen LogP contribution in [0.5, 0.6) is 17.2 Å². The van der Waals surface area contributed by atoms with E-state index in [9.17, 15) is 14.7 Å². The Morgan fingerprint density at radius 2 is 1.59 bits per heavy atom. The molecule has 0 saturated carbocycles. The molecule has 0 saturated heterocycles. The lowest BCUT2D eigenvalue weighted by molar-refractivity contribution is -0.139. The van der Waals surface area contributed by atoms with Crippen molar-refractivity contribution in [2.75, 3.05) is 7.11 Å². The summed E-state index contributed by atoms with van der Waals surface area (Å²) in [6.45, 7) is 11.8. The molecule has 1 atom stereocenters. The molecule has 0 radical (unpaired) electrons. The molecule has 2 aromatic carbocycles. The highest BCUT2D eigenvalue weighted by Gasteiger charge is 2.24. The number of pyridine rings is 1. The fourth-order valence-corrected chi connectivity index (χ4v) is 4.22. The average molecular weight is 562 g/mol. The lowest BCUT2D eigenvalue weighted by Crippen LogP contribution is -2.44. The molecular formula is C32H39N3O6. The Labute approximate surface area is 241 Å². The molecule has 218 valence electrons. The van der Waals surface area contributed by atoms with Crippen LogP contribution in [0.15, 0.2) is 67.0 Å². The number of hydrogen-bond donors (Lipinski definition) is 2. The van der Waals surface area contributed by atoms with E-state index in [-0.39, 0.29) is 6.42 Å². The zero-order valence-corrected chi connectivity index (χ0v) is 24.7. The number of carbonyl (C=O) groups is 2. The van der Waals surface area contributed by atoms with Gasteiger partial charge in [-0.3, -0.25) is 0 Å². The quantitative estimate of drug-likeness (QED) is 0.233. The number of rotatable bonds is 9. The minimum Gasteiger partial charge on any atom is -0.497 e. The van der Waals surface area contributed by atoms with Crippen LogP contribution in [0.4, 0.5) is 4.79 Å². The summed E-state index contributed by atoms with van der Waals surface area (Å²) < 4.78 is 18.7. The minimum absolute atomic E-state index is 0.0989. The third-order valence-corrected chi connectivity index (χ3v) is 6.00. The van der Waals surface area contributed by atoms with Crippen LogP contribution < -0.4 is 14.8 Å². The van der Waals surface area contributed by atoms with Crippen LogP contribution in [-0.2, 0) is 22.5 Å². The Morgan fingerprint density at radius 1 is 0.976 bits per heavy atom. The standard InChI is InChI=1S/C30H33N3O6.C2H6/c1-19-17-33(18-21-8-10-22(37-5)11-9-21)27-26(19)25(14-15-31-27)38-23-12-6-20(7-13-23)16-24(28(34)35)32-29(36)39-30(2,3)4;1-2/h6-15,17,24H,16,18H2,1-5H3,(H,32,36)(H,34,35);1-2H3. The van der Waals surface area contributed by atoms with Gasteiger partial charge in [-0.1, -0.05) is 38.1 Å². The molecule has 0 aliphatic heterocycles. The van der Waals surface area contributed by atoms with Crippen molar-refractivity contribution in [3.63, 3.8) is 0 Å². The molecule has 0 fully saturated rings. The number of carbonyl (C=O) groups excluding carboxylic acids is 1. The van der Waals surface area contributed by atoms with Gasteiger partial charge in [-0.05, 0) is 74.7 Å². The van der Waals surface area contributed by atoms with Gasteiger partial charge < -0.3 is 29.2 Å². The number of carboxylic acid groups (broad SMARTS) is 1. The third kappa shape index (κ3) is 8.48. The van der Waals surface area contributed by atoms with Crippen molar-refractivity contribution in [2.45, 2.75) is 66.2 Å². The topological polar surface area (TPSA) is 112 Å². The summed E-state index contributed by atoms with van der Waals surface area (Å²) >= 11 is 0. The molecular weight excluding hydrogens is 522 g/mol. The molecule has 2 aromatic heterocycles. The van der Waals surface area contributed by atoms with Gasteiger partial charge in [0.2, 0.25) is 0 Å². The Kier molecular flexibility index (Phi) is 10.4. The number of fused-ring (bicyclic) bond motifs is 1. The van der Waals surface area contributed by atoms with Gasteiger partial charge in [-0.15, -0.1) is 0 Å². The second-order valence-corrected chi connectivity index (χ2v) is 10.3. The molecule has 41 heavy (non-hydrogen) atoms. The Balaban J connectivity index is 0.00000226.